The Kier molecular flexibility index (Phi) is 3.69. The molecule has 0 aliphatic carbocycles. The molecule has 100 valence electrons. The number of piperazine rings is 1. The second-order valence-corrected chi connectivity index (χ2v) is 5.69. The lowest BCUT2D eigenvalue weighted by Gasteiger charge is -2.45. The number of halogens is 2. The number of hydrogen-bond acceptors (Lipinski definition) is 2. The number of hydrogen-bond donors (Lipinski definition) is 1. The van der Waals surface area contributed by atoms with Crippen molar-refractivity contribution >= 4 is 0 Å². The Labute approximate surface area is 107 Å². The quantitative estimate of drug-likeness (QED) is 0.872. The number of nitrogens with zero attached hydrogens (tertiary/aromatic N) is 1. The summed E-state index contributed by atoms with van der Waals surface area (Å²) < 4.78 is 26.9. The van der Waals surface area contributed by atoms with E-state index in [1.807, 2.05) is 0 Å². The first kappa shape index (κ1) is 13.4. The third kappa shape index (κ3) is 2.70. The molecule has 0 amide bonds. The summed E-state index contributed by atoms with van der Waals surface area (Å²) in [6.07, 6.45) is 0. The van der Waals surface area contributed by atoms with Crippen LogP contribution in [0, 0.1) is 11.6 Å². The summed E-state index contributed by atoms with van der Waals surface area (Å²) in [7, 11) is 0. The van der Waals surface area contributed by atoms with Crippen LogP contribution in [0.25, 0.3) is 0 Å². The van der Waals surface area contributed by atoms with Crippen LogP contribution in [-0.2, 0) is 6.54 Å². The Morgan fingerprint density at radius 3 is 2.83 bits per heavy atom. The third-order valence-electron chi connectivity index (χ3n) is 3.63. The highest BCUT2D eigenvalue weighted by Crippen LogP contribution is 2.23. The summed E-state index contributed by atoms with van der Waals surface area (Å²) >= 11 is 0. The highest BCUT2D eigenvalue weighted by molar-refractivity contribution is 5.19. The lowest BCUT2D eigenvalue weighted by molar-refractivity contribution is 0.0614. The number of nitrogens with one attached hydrogen (secondary N) is 1. The van der Waals surface area contributed by atoms with Gasteiger partial charge in [-0.15, -0.1) is 0 Å². The Morgan fingerprint density at radius 1 is 1.39 bits per heavy atom. The van der Waals surface area contributed by atoms with Gasteiger partial charge in [0.25, 0.3) is 0 Å². The smallest absolute Gasteiger partial charge is 0.163 e. The van der Waals surface area contributed by atoms with Crippen molar-refractivity contribution in [2.75, 3.05) is 13.1 Å². The van der Waals surface area contributed by atoms with Crippen molar-refractivity contribution < 1.29 is 8.78 Å². The molecule has 2 nitrogen and oxygen atoms in total. The summed E-state index contributed by atoms with van der Waals surface area (Å²) in [4.78, 5) is 2.20. The van der Waals surface area contributed by atoms with E-state index in [0.29, 0.717) is 18.2 Å². The molecule has 1 saturated heterocycles. The van der Waals surface area contributed by atoms with Gasteiger partial charge in [0.2, 0.25) is 0 Å². The predicted octanol–water partition coefficient (Wildman–Crippen LogP) is 2.54. The largest absolute Gasteiger partial charge is 0.311 e. The van der Waals surface area contributed by atoms with E-state index in [-0.39, 0.29) is 5.54 Å². The second kappa shape index (κ2) is 4.94. The minimum absolute atomic E-state index is 0.0503. The molecule has 1 heterocycles. The molecule has 2 rings (SSSR count). The molecule has 0 bridgehead atoms. The number of benzene rings is 1. The van der Waals surface area contributed by atoms with Crippen LogP contribution < -0.4 is 5.32 Å². The zero-order chi connectivity index (χ0) is 13.3. The monoisotopic (exact) mass is 254 g/mol. The molecule has 18 heavy (non-hydrogen) atoms. The van der Waals surface area contributed by atoms with Crippen LogP contribution in [0.1, 0.15) is 26.3 Å². The van der Waals surface area contributed by atoms with Crippen molar-refractivity contribution in [2.45, 2.75) is 38.9 Å². The average molecular weight is 254 g/mol. The summed E-state index contributed by atoms with van der Waals surface area (Å²) in [6, 6.07) is 4.74. The van der Waals surface area contributed by atoms with Crippen LogP contribution in [0.3, 0.4) is 0 Å². The SMILES string of the molecule is CC1CN(Cc2cccc(F)c2F)C(C)(C)CN1. The van der Waals surface area contributed by atoms with E-state index >= 15 is 0 Å². The molecule has 1 aromatic carbocycles. The molecular formula is C14H20F2N2. The Hall–Kier alpha value is -1.00. The first-order valence-electron chi connectivity index (χ1n) is 6.31. The highest BCUT2D eigenvalue weighted by atomic mass is 19.2. The van der Waals surface area contributed by atoms with E-state index in [1.54, 1.807) is 12.1 Å². The normalized spacial score (nSPS) is 24.2. The van der Waals surface area contributed by atoms with Crippen molar-refractivity contribution in [3.05, 3.63) is 35.4 Å². The third-order valence-corrected chi connectivity index (χ3v) is 3.63. The zero-order valence-corrected chi connectivity index (χ0v) is 11.1. The molecule has 1 aliphatic rings. The summed E-state index contributed by atoms with van der Waals surface area (Å²) in [6.45, 7) is 8.47. The van der Waals surface area contributed by atoms with Crippen LogP contribution in [0.4, 0.5) is 8.78 Å². The van der Waals surface area contributed by atoms with Gasteiger partial charge in [-0.3, -0.25) is 4.90 Å². The molecule has 0 aromatic heterocycles. The van der Waals surface area contributed by atoms with Gasteiger partial charge in [-0.25, -0.2) is 8.78 Å². The van der Waals surface area contributed by atoms with E-state index in [2.05, 4.69) is 31.0 Å². The lowest BCUT2D eigenvalue weighted by atomic mass is 9.97. The predicted molar refractivity (Wildman–Crippen MR) is 68.3 cm³/mol. The molecule has 1 atom stereocenters. The summed E-state index contributed by atoms with van der Waals surface area (Å²) in [5, 5.41) is 3.40. The van der Waals surface area contributed by atoms with Crippen molar-refractivity contribution in [2.24, 2.45) is 0 Å². The maximum absolute atomic E-state index is 13.7. The lowest BCUT2D eigenvalue weighted by Crippen LogP contribution is -2.60. The van der Waals surface area contributed by atoms with E-state index in [1.165, 1.54) is 0 Å². The molecule has 1 fully saturated rings. The Balaban J connectivity index is 2.19. The fraction of sp³-hybridized carbons (Fsp3) is 0.571. The van der Waals surface area contributed by atoms with Crippen molar-refractivity contribution in [1.82, 2.24) is 10.2 Å². The van der Waals surface area contributed by atoms with Crippen LogP contribution in [0.15, 0.2) is 18.2 Å². The molecule has 0 spiro atoms. The van der Waals surface area contributed by atoms with Gasteiger partial charge >= 0.3 is 0 Å². The van der Waals surface area contributed by atoms with E-state index in [0.717, 1.165) is 19.2 Å². The minimum atomic E-state index is -0.770. The Bertz CT molecular complexity index is 432. The molecule has 0 radical (unpaired) electrons. The zero-order valence-electron chi connectivity index (χ0n) is 11.1. The van der Waals surface area contributed by atoms with Gasteiger partial charge in [-0.05, 0) is 26.8 Å². The van der Waals surface area contributed by atoms with Crippen molar-refractivity contribution in [1.29, 1.82) is 0 Å². The van der Waals surface area contributed by atoms with Crippen LogP contribution in [0.2, 0.25) is 0 Å². The molecule has 1 aromatic rings. The van der Waals surface area contributed by atoms with Gasteiger partial charge in [0.05, 0.1) is 0 Å². The highest BCUT2D eigenvalue weighted by Gasteiger charge is 2.32. The second-order valence-electron chi connectivity index (χ2n) is 5.69. The van der Waals surface area contributed by atoms with Gasteiger partial charge in [0.15, 0.2) is 11.6 Å². The molecule has 0 saturated carbocycles. The maximum atomic E-state index is 13.7. The van der Waals surface area contributed by atoms with Gasteiger partial charge in [-0.2, -0.15) is 0 Å². The topological polar surface area (TPSA) is 15.3 Å². The van der Waals surface area contributed by atoms with Gasteiger partial charge < -0.3 is 5.32 Å². The molecule has 1 unspecified atom stereocenters. The molecule has 1 aliphatic heterocycles. The molecule has 1 N–H and O–H groups in total. The molecular weight excluding hydrogens is 234 g/mol. The van der Waals surface area contributed by atoms with Gasteiger partial charge in [-0.1, -0.05) is 12.1 Å². The van der Waals surface area contributed by atoms with E-state index < -0.39 is 11.6 Å². The first-order chi connectivity index (χ1) is 8.40. The van der Waals surface area contributed by atoms with Crippen LogP contribution in [-0.4, -0.2) is 29.6 Å². The minimum Gasteiger partial charge on any atom is -0.311 e. The number of rotatable bonds is 2. The summed E-state index contributed by atoms with van der Waals surface area (Å²) in [5.74, 6) is -1.49. The Morgan fingerprint density at radius 2 is 2.11 bits per heavy atom. The molecule has 4 heteroatoms. The van der Waals surface area contributed by atoms with Gasteiger partial charge in [0, 0.05) is 36.8 Å². The average Bonchev–Trinajstić information content (AvgIpc) is 2.30. The van der Waals surface area contributed by atoms with Crippen LogP contribution in [0.5, 0.6) is 0 Å². The fourth-order valence-corrected chi connectivity index (χ4v) is 2.33. The standard InChI is InChI=1S/C14H20F2N2/c1-10-7-18(14(2,3)9-17-10)8-11-5-4-6-12(15)13(11)16/h4-6,10,17H,7-9H2,1-3H3. The van der Waals surface area contributed by atoms with Gasteiger partial charge in [0.1, 0.15) is 0 Å². The maximum Gasteiger partial charge on any atom is 0.163 e. The van der Waals surface area contributed by atoms with E-state index in [9.17, 15) is 8.78 Å². The van der Waals surface area contributed by atoms with Crippen LogP contribution >= 0.6 is 0 Å². The summed E-state index contributed by atoms with van der Waals surface area (Å²) in [5.41, 5.74) is 0.378. The van der Waals surface area contributed by atoms with Crippen molar-refractivity contribution in [3.63, 3.8) is 0 Å². The van der Waals surface area contributed by atoms with E-state index in [4.69, 9.17) is 0 Å². The fourth-order valence-electron chi connectivity index (χ4n) is 2.33. The van der Waals surface area contributed by atoms with Crippen molar-refractivity contribution in [3.8, 4) is 0 Å². The first-order valence-corrected chi connectivity index (χ1v) is 6.31.